The van der Waals surface area contributed by atoms with Crippen LogP contribution in [0, 0.1) is 5.92 Å². The van der Waals surface area contributed by atoms with Crippen LogP contribution >= 0.6 is 0 Å². The third kappa shape index (κ3) is 3.08. The number of hydrogen-bond donors (Lipinski definition) is 1. The lowest BCUT2D eigenvalue weighted by Gasteiger charge is -2.35. The van der Waals surface area contributed by atoms with Crippen LogP contribution in [0.4, 0.5) is 0 Å². The lowest BCUT2D eigenvalue weighted by molar-refractivity contribution is -0.00709. The van der Waals surface area contributed by atoms with E-state index in [1.165, 1.54) is 18.4 Å². The molecule has 3 unspecified atom stereocenters. The molecule has 2 heteroatoms. The topological polar surface area (TPSA) is 35.2 Å². The predicted molar refractivity (Wildman–Crippen MR) is 71.0 cm³/mol. The van der Waals surface area contributed by atoms with Crippen molar-refractivity contribution in [1.82, 2.24) is 0 Å². The van der Waals surface area contributed by atoms with E-state index in [2.05, 4.69) is 37.3 Å². The Hall–Kier alpha value is -0.860. The van der Waals surface area contributed by atoms with Crippen molar-refractivity contribution in [3.8, 4) is 0 Å². The minimum Gasteiger partial charge on any atom is -0.378 e. The fraction of sp³-hybridized carbons (Fsp3) is 0.600. The molecule has 2 nitrogen and oxygen atoms in total. The summed E-state index contributed by atoms with van der Waals surface area (Å²) in [4.78, 5) is 0. The average Bonchev–Trinajstić information content (AvgIpc) is 2.40. The summed E-state index contributed by atoms with van der Waals surface area (Å²) in [6, 6.07) is 10.8. The minimum atomic E-state index is 0.351. The molecule has 1 aromatic carbocycles. The summed E-state index contributed by atoms with van der Waals surface area (Å²) in [6.07, 6.45) is 3.92. The van der Waals surface area contributed by atoms with E-state index in [0.29, 0.717) is 17.9 Å². The molecule has 0 aliphatic heterocycles. The molecule has 1 saturated carbocycles. The largest absolute Gasteiger partial charge is 0.378 e. The van der Waals surface area contributed by atoms with Gasteiger partial charge in [0.25, 0.3) is 0 Å². The van der Waals surface area contributed by atoms with Gasteiger partial charge in [-0.2, -0.15) is 0 Å². The van der Waals surface area contributed by atoms with Crippen molar-refractivity contribution in [1.29, 1.82) is 0 Å². The van der Waals surface area contributed by atoms with Gasteiger partial charge in [0.15, 0.2) is 0 Å². The monoisotopic (exact) mass is 233 g/mol. The highest BCUT2D eigenvalue weighted by atomic mass is 16.5. The van der Waals surface area contributed by atoms with Crippen LogP contribution in [-0.2, 0) is 4.74 Å². The summed E-state index contributed by atoms with van der Waals surface area (Å²) in [6.45, 7) is 3.62. The first-order chi connectivity index (χ1) is 8.35. The van der Waals surface area contributed by atoms with Gasteiger partial charge in [-0.3, -0.25) is 0 Å². The summed E-state index contributed by atoms with van der Waals surface area (Å²) < 4.78 is 5.86. The Morgan fingerprint density at radius 2 is 2.00 bits per heavy atom. The van der Waals surface area contributed by atoms with E-state index in [1.54, 1.807) is 0 Å². The number of benzene rings is 1. The van der Waals surface area contributed by atoms with Gasteiger partial charge >= 0.3 is 0 Å². The molecule has 0 spiro atoms. The van der Waals surface area contributed by atoms with Gasteiger partial charge in [0.1, 0.15) is 0 Å². The maximum atomic E-state index is 5.86. The number of hydrogen-bond acceptors (Lipinski definition) is 2. The Bertz CT molecular complexity index is 325. The fourth-order valence-corrected chi connectivity index (χ4v) is 2.91. The van der Waals surface area contributed by atoms with Gasteiger partial charge in [-0.15, -0.1) is 0 Å². The molecule has 2 rings (SSSR count). The van der Waals surface area contributed by atoms with E-state index in [9.17, 15) is 0 Å². The molecule has 1 fully saturated rings. The zero-order valence-corrected chi connectivity index (χ0v) is 10.6. The molecule has 0 saturated heterocycles. The summed E-state index contributed by atoms with van der Waals surface area (Å²) in [5, 5.41) is 0. The number of rotatable bonds is 4. The Morgan fingerprint density at radius 3 is 2.65 bits per heavy atom. The van der Waals surface area contributed by atoms with Crippen molar-refractivity contribution < 1.29 is 4.74 Å². The van der Waals surface area contributed by atoms with Crippen molar-refractivity contribution >= 4 is 0 Å². The maximum absolute atomic E-state index is 5.86. The molecule has 2 N–H and O–H groups in total. The molecule has 0 bridgehead atoms. The van der Waals surface area contributed by atoms with Crippen LogP contribution < -0.4 is 5.73 Å². The van der Waals surface area contributed by atoms with Crippen LogP contribution in [0.15, 0.2) is 30.3 Å². The molecule has 94 valence electrons. The van der Waals surface area contributed by atoms with Gasteiger partial charge in [-0.25, -0.2) is 0 Å². The van der Waals surface area contributed by atoms with Crippen LogP contribution in [0.2, 0.25) is 0 Å². The zero-order valence-electron chi connectivity index (χ0n) is 10.6. The highest BCUT2D eigenvalue weighted by Gasteiger charge is 2.30. The first-order valence-corrected chi connectivity index (χ1v) is 6.71. The van der Waals surface area contributed by atoms with Gasteiger partial charge in [-0.1, -0.05) is 30.3 Å². The van der Waals surface area contributed by atoms with Crippen LogP contribution in [0.3, 0.4) is 0 Å². The minimum absolute atomic E-state index is 0.351. The summed E-state index contributed by atoms with van der Waals surface area (Å²) in [5.41, 5.74) is 7.28. The summed E-state index contributed by atoms with van der Waals surface area (Å²) in [5.74, 6) is 1.20. The van der Waals surface area contributed by atoms with Crippen molar-refractivity contribution in [2.24, 2.45) is 11.7 Å². The molecule has 3 atom stereocenters. The molecule has 0 aromatic heterocycles. The zero-order chi connectivity index (χ0) is 12.1. The first-order valence-electron chi connectivity index (χ1n) is 6.71. The molecule has 0 radical (unpaired) electrons. The Balaban J connectivity index is 2.03. The SMILES string of the molecule is CCOC1CC(c2ccccc2)CCC1CN. The average molecular weight is 233 g/mol. The Kier molecular flexibility index (Phi) is 4.57. The second-order valence-corrected chi connectivity index (χ2v) is 4.91. The van der Waals surface area contributed by atoms with E-state index >= 15 is 0 Å². The Morgan fingerprint density at radius 1 is 1.24 bits per heavy atom. The molecular weight excluding hydrogens is 210 g/mol. The maximum Gasteiger partial charge on any atom is 0.0621 e. The summed E-state index contributed by atoms with van der Waals surface area (Å²) in [7, 11) is 0. The lowest BCUT2D eigenvalue weighted by Crippen LogP contribution is -2.35. The van der Waals surface area contributed by atoms with Crippen molar-refractivity contribution in [3.63, 3.8) is 0 Å². The number of ether oxygens (including phenoxy) is 1. The van der Waals surface area contributed by atoms with E-state index < -0.39 is 0 Å². The molecule has 17 heavy (non-hydrogen) atoms. The Labute approximate surface area is 104 Å². The van der Waals surface area contributed by atoms with E-state index in [4.69, 9.17) is 10.5 Å². The van der Waals surface area contributed by atoms with Crippen LogP contribution in [0.25, 0.3) is 0 Å². The van der Waals surface area contributed by atoms with E-state index in [0.717, 1.165) is 19.6 Å². The van der Waals surface area contributed by atoms with Gasteiger partial charge in [0.2, 0.25) is 0 Å². The third-order valence-corrected chi connectivity index (χ3v) is 3.88. The van der Waals surface area contributed by atoms with E-state index in [1.807, 2.05) is 0 Å². The lowest BCUT2D eigenvalue weighted by atomic mass is 9.77. The molecular formula is C15H23NO. The second-order valence-electron chi connectivity index (χ2n) is 4.91. The van der Waals surface area contributed by atoms with Gasteiger partial charge < -0.3 is 10.5 Å². The molecule has 1 aromatic rings. The molecule has 0 amide bonds. The fourth-order valence-electron chi connectivity index (χ4n) is 2.91. The highest BCUT2D eigenvalue weighted by molar-refractivity contribution is 5.20. The van der Waals surface area contributed by atoms with E-state index in [-0.39, 0.29) is 0 Å². The van der Waals surface area contributed by atoms with Crippen LogP contribution in [0.1, 0.15) is 37.7 Å². The smallest absolute Gasteiger partial charge is 0.0621 e. The van der Waals surface area contributed by atoms with Crippen molar-refractivity contribution in [3.05, 3.63) is 35.9 Å². The number of nitrogens with two attached hydrogens (primary N) is 1. The first kappa shape index (κ1) is 12.6. The van der Waals surface area contributed by atoms with Crippen LogP contribution in [0.5, 0.6) is 0 Å². The molecule has 0 heterocycles. The van der Waals surface area contributed by atoms with Crippen LogP contribution in [-0.4, -0.2) is 19.3 Å². The molecule has 1 aliphatic carbocycles. The highest BCUT2D eigenvalue weighted by Crippen LogP contribution is 2.36. The van der Waals surface area contributed by atoms with Gasteiger partial charge in [0.05, 0.1) is 6.10 Å². The standard InChI is InChI=1S/C15H23NO/c1-2-17-15-10-13(8-9-14(15)11-16)12-6-4-3-5-7-12/h3-7,13-15H,2,8-11,16H2,1H3. The second kappa shape index (κ2) is 6.18. The summed E-state index contributed by atoms with van der Waals surface area (Å²) >= 11 is 0. The van der Waals surface area contributed by atoms with Gasteiger partial charge in [-0.05, 0) is 50.1 Å². The van der Waals surface area contributed by atoms with Gasteiger partial charge in [0, 0.05) is 6.61 Å². The predicted octanol–water partition coefficient (Wildman–Crippen LogP) is 2.93. The third-order valence-electron chi connectivity index (χ3n) is 3.88. The van der Waals surface area contributed by atoms with Crippen molar-refractivity contribution in [2.75, 3.05) is 13.2 Å². The normalized spacial score (nSPS) is 29.2. The quantitative estimate of drug-likeness (QED) is 0.867. The van der Waals surface area contributed by atoms with Crippen molar-refractivity contribution in [2.45, 2.75) is 38.2 Å². The molecule has 1 aliphatic rings.